The molecule has 0 radical (unpaired) electrons. The van der Waals surface area contributed by atoms with E-state index in [1.165, 1.54) is 4.57 Å². The van der Waals surface area contributed by atoms with Gasteiger partial charge in [-0.25, -0.2) is 4.98 Å². The largest absolute Gasteiger partial charge is 0.388 e. The van der Waals surface area contributed by atoms with Crippen LogP contribution in [0.15, 0.2) is 12.3 Å². The van der Waals surface area contributed by atoms with Crippen LogP contribution in [-0.2, 0) is 4.74 Å². The van der Waals surface area contributed by atoms with Crippen LogP contribution in [0.25, 0.3) is 0 Å². The Labute approximate surface area is 129 Å². The molecule has 2 rings (SSSR count). The Kier molecular flexibility index (Phi) is 4.90. The molecule has 0 bridgehead atoms. The fourth-order valence-electron chi connectivity index (χ4n) is 2.29. The van der Waals surface area contributed by atoms with Crippen molar-refractivity contribution >= 4 is 31.2 Å². The quantitative estimate of drug-likeness (QED) is 0.561. The summed E-state index contributed by atoms with van der Waals surface area (Å²) in [6, 6.07) is 1.58. The zero-order valence-electron chi connectivity index (χ0n) is 12.2. The third-order valence-corrected chi connectivity index (χ3v) is 5.25. The lowest BCUT2D eigenvalue weighted by molar-refractivity contribution is -0.0390. The van der Waals surface area contributed by atoms with Gasteiger partial charge in [0, 0.05) is 6.20 Å². The van der Waals surface area contributed by atoms with Crippen LogP contribution in [0.5, 0.6) is 0 Å². The summed E-state index contributed by atoms with van der Waals surface area (Å²) >= 11 is 5.12. The van der Waals surface area contributed by atoms with Crippen molar-refractivity contribution in [2.24, 2.45) is 0 Å². The highest BCUT2D eigenvalue weighted by molar-refractivity contribution is 7.72. The fourth-order valence-corrected chi connectivity index (χ4v) is 3.52. The zero-order valence-corrected chi connectivity index (χ0v) is 13.9. The molecule has 0 aliphatic carbocycles. The number of hydrogen-bond donors (Lipinski definition) is 3. The van der Waals surface area contributed by atoms with E-state index in [1.54, 1.807) is 12.3 Å². The topological polar surface area (TPSA) is 93.5 Å². The van der Waals surface area contributed by atoms with Crippen LogP contribution in [0.2, 0.25) is 0 Å². The molecule has 4 N–H and O–H groups in total. The highest BCUT2D eigenvalue weighted by Crippen LogP contribution is 2.39. The highest BCUT2D eigenvalue weighted by atomic mass is 32.1. The molecular formula is C13H22N3O3PS. The molecule has 21 heavy (non-hydrogen) atoms. The second-order valence-electron chi connectivity index (χ2n) is 6.04. The third kappa shape index (κ3) is 3.93. The fraction of sp³-hybridized carbons (Fsp3) is 0.615. The van der Waals surface area contributed by atoms with Gasteiger partial charge in [0.05, 0.1) is 6.10 Å². The van der Waals surface area contributed by atoms with Gasteiger partial charge in [-0.05, 0) is 44.2 Å². The first-order chi connectivity index (χ1) is 9.69. The molecule has 1 aromatic rings. The van der Waals surface area contributed by atoms with Crippen LogP contribution in [0, 0.1) is 4.77 Å². The minimum atomic E-state index is -1.20. The maximum absolute atomic E-state index is 10.2. The molecular weight excluding hydrogens is 309 g/mol. The SMILES string of the molecule is C=P(C)(C)CC[C@H]1O[C@@H](n2ccc(N)nc2=S)[C@H](O)[C@@H]1O. The third-order valence-electron chi connectivity index (χ3n) is 3.48. The van der Waals surface area contributed by atoms with E-state index in [4.69, 9.17) is 22.7 Å². The average molecular weight is 331 g/mol. The molecule has 4 atom stereocenters. The summed E-state index contributed by atoms with van der Waals surface area (Å²) in [5.41, 5.74) is 5.56. The average Bonchev–Trinajstić information content (AvgIpc) is 2.64. The minimum Gasteiger partial charge on any atom is -0.388 e. The van der Waals surface area contributed by atoms with Crippen molar-refractivity contribution in [3.63, 3.8) is 0 Å². The van der Waals surface area contributed by atoms with E-state index < -0.39 is 31.4 Å². The molecule has 0 saturated carbocycles. The number of ether oxygens (including phenoxy) is 1. The summed E-state index contributed by atoms with van der Waals surface area (Å²) in [7, 11) is 0. The molecule has 6 nitrogen and oxygen atoms in total. The van der Waals surface area contributed by atoms with E-state index in [0.717, 1.165) is 6.16 Å². The molecule has 0 amide bonds. The number of aliphatic hydroxyl groups excluding tert-OH is 2. The summed E-state index contributed by atoms with van der Waals surface area (Å²) in [4.78, 5) is 3.97. The van der Waals surface area contributed by atoms with Crippen molar-refractivity contribution in [3.05, 3.63) is 17.0 Å². The first kappa shape index (κ1) is 16.6. The zero-order chi connectivity index (χ0) is 15.8. The van der Waals surface area contributed by atoms with Crippen LogP contribution in [0.1, 0.15) is 12.6 Å². The van der Waals surface area contributed by atoms with Gasteiger partial charge in [-0.3, -0.25) is 4.57 Å². The molecule has 1 fully saturated rings. The Balaban J connectivity index is 2.16. The highest BCUT2D eigenvalue weighted by Gasteiger charge is 2.43. The second kappa shape index (κ2) is 6.18. The van der Waals surface area contributed by atoms with Gasteiger partial charge in [0.1, 0.15) is 18.0 Å². The number of aromatic nitrogens is 2. The molecule has 1 aliphatic heterocycles. The van der Waals surface area contributed by atoms with Gasteiger partial charge in [-0.15, -0.1) is 13.2 Å². The normalized spacial score (nSPS) is 29.7. The molecule has 2 heterocycles. The lowest BCUT2D eigenvalue weighted by Gasteiger charge is -2.19. The van der Waals surface area contributed by atoms with Gasteiger partial charge < -0.3 is 20.7 Å². The monoisotopic (exact) mass is 331 g/mol. The van der Waals surface area contributed by atoms with E-state index in [9.17, 15) is 10.2 Å². The van der Waals surface area contributed by atoms with E-state index in [-0.39, 0.29) is 4.77 Å². The number of nitrogens with two attached hydrogens (primary N) is 1. The van der Waals surface area contributed by atoms with E-state index in [2.05, 4.69) is 24.6 Å². The summed E-state index contributed by atoms with van der Waals surface area (Å²) < 4.78 is 7.53. The molecule has 118 valence electrons. The first-order valence-corrected chi connectivity index (χ1v) is 10.2. The number of nitrogens with zero attached hydrogens (tertiary/aromatic N) is 2. The molecule has 8 heteroatoms. The summed E-state index contributed by atoms with van der Waals surface area (Å²) in [5.74, 6) is 0.310. The Morgan fingerprint density at radius 1 is 1.48 bits per heavy atom. The van der Waals surface area contributed by atoms with Crippen molar-refractivity contribution in [1.29, 1.82) is 0 Å². The predicted octanol–water partition coefficient (Wildman–Crippen LogP) is 0.913. The van der Waals surface area contributed by atoms with Crippen LogP contribution >= 0.6 is 19.1 Å². The Morgan fingerprint density at radius 3 is 2.71 bits per heavy atom. The van der Waals surface area contributed by atoms with E-state index in [1.807, 2.05) is 0 Å². The Hall–Kier alpha value is -0.720. The molecule has 0 unspecified atom stereocenters. The Bertz CT molecular complexity index is 615. The van der Waals surface area contributed by atoms with Crippen molar-refractivity contribution in [1.82, 2.24) is 9.55 Å². The number of nitrogen functional groups attached to an aromatic ring is 1. The summed E-state index contributed by atoms with van der Waals surface area (Å²) in [6.07, 6.45) is 4.16. The van der Waals surface area contributed by atoms with E-state index >= 15 is 0 Å². The number of hydrogen-bond acceptors (Lipinski definition) is 6. The van der Waals surface area contributed by atoms with Gasteiger partial charge in [0.2, 0.25) is 4.77 Å². The molecule has 1 saturated heterocycles. The van der Waals surface area contributed by atoms with Gasteiger partial charge in [0.25, 0.3) is 0 Å². The van der Waals surface area contributed by atoms with Gasteiger partial charge in [-0.1, -0.05) is 0 Å². The van der Waals surface area contributed by atoms with Crippen molar-refractivity contribution < 1.29 is 14.9 Å². The lowest BCUT2D eigenvalue weighted by Crippen LogP contribution is -2.32. The molecule has 0 aromatic carbocycles. The van der Waals surface area contributed by atoms with Crippen LogP contribution in [0.3, 0.4) is 0 Å². The second-order valence-corrected chi connectivity index (χ2v) is 10.7. The number of rotatable bonds is 4. The van der Waals surface area contributed by atoms with Crippen LogP contribution in [-0.4, -0.2) is 63.9 Å². The smallest absolute Gasteiger partial charge is 0.203 e. The van der Waals surface area contributed by atoms with Crippen molar-refractivity contribution in [2.45, 2.75) is 31.0 Å². The first-order valence-electron chi connectivity index (χ1n) is 6.72. The Morgan fingerprint density at radius 2 is 2.14 bits per heavy atom. The van der Waals surface area contributed by atoms with Crippen molar-refractivity contribution in [3.8, 4) is 0 Å². The number of anilines is 1. The van der Waals surface area contributed by atoms with Crippen LogP contribution < -0.4 is 5.73 Å². The summed E-state index contributed by atoms with van der Waals surface area (Å²) in [6.45, 7) is 3.05. The number of aliphatic hydroxyl groups is 2. The van der Waals surface area contributed by atoms with Gasteiger partial charge in [-0.2, -0.15) is 0 Å². The predicted molar refractivity (Wildman–Crippen MR) is 88.8 cm³/mol. The molecule has 0 spiro atoms. The van der Waals surface area contributed by atoms with Gasteiger partial charge >= 0.3 is 0 Å². The lowest BCUT2D eigenvalue weighted by atomic mass is 10.1. The standard InChI is InChI=1S/C13H22N3O3PS/c1-20(2,3)7-5-8-10(17)11(18)12(19-8)16-6-4-9(14)15-13(16)21/h4,6,8,10-12,17-18H,1,5,7H2,2-3H3,(H2,14,15,21)/t8-,10-,11-,12-/m1/s1. The van der Waals surface area contributed by atoms with Gasteiger partial charge in [0.15, 0.2) is 6.23 Å². The summed E-state index contributed by atoms with van der Waals surface area (Å²) in [5, 5.41) is 20.4. The van der Waals surface area contributed by atoms with E-state index in [0.29, 0.717) is 12.2 Å². The molecule has 1 aliphatic rings. The molecule has 1 aromatic heterocycles. The maximum Gasteiger partial charge on any atom is 0.203 e. The van der Waals surface area contributed by atoms with Crippen molar-refractivity contribution in [2.75, 3.05) is 25.2 Å². The maximum atomic E-state index is 10.2. The van der Waals surface area contributed by atoms with Crippen LogP contribution in [0.4, 0.5) is 5.82 Å². The minimum absolute atomic E-state index is 0.219.